The molecule has 0 saturated carbocycles. The fraction of sp³-hybridized carbons (Fsp3) is 0.600. The summed E-state index contributed by atoms with van der Waals surface area (Å²) in [5, 5.41) is 16.3. The first-order valence-electron chi connectivity index (χ1n) is 2.55. The zero-order chi connectivity index (χ0) is 7.44. The van der Waals surface area contributed by atoms with Crippen LogP contribution in [-0.4, -0.2) is 45.2 Å². The van der Waals surface area contributed by atoms with Crippen LogP contribution in [0.25, 0.3) is 0 Å². The summed E-state index contributed by atoms with van der Waals surface area (Å²) < 4.78 is 0. The Morgan fingerprint density at radius 3 is 1.60 bits per heavy atom. The Hall–Kier alpha value is -0.294. The molecule has 0 unspecified atom stereocenters. The maximum Gasteiger partial charge on any atom is 0.317 e. The number of hydrogen-bond donors (Lipinski definition) is 2. The van der Waals surface area contributed by atoms with E-state index < -0.39 is 17.9 Å². The van der Waals surface area contributed by atoms with Gasteiger partial charge in [0.2, 0.25) is 0 Å². The summed E-state index contributed by atoms with van der Waals surface area (Å²) in [5.74, 6) is -3.79. The van der Waals surface area contributed by atoms with Crippen LogP contribution in [0.5, 0.6) is 0 Å². The average molecular weight is 156 g/mol. The molecule has 0 aromatic carbocycles. The van der Waals surface area contributed by atoms with Crippen LogP contribution < -0.4 is 0 Å². The van der Waals surface area contributed by atoms with E-state index in [-0.39, 0.29) is 29.5 Å². The fourth-order valence-electron chi connectivity index (χ4n) is 0.455. The number of carboxylic acid groups (broad SMARTS) is 2. The molecule has 0 bridgehead atoms. The first kappa shape index (κ1) is 12.4. The third kappa shape index (κ3) is 3.68. The van der Waals surface area contributed by atoms with Crippen LogP contribution in [0.4, 0.5) is 0 Å². The maximum atomic E-state index is 9.99. The van der Waals surface area contributed by atoms with Crippen molar-refractivity contribution in [2.45, 2.75) is 13.3 Å². The van der Waals surface area contributed by atoms with Gasteiger partial charge in [-0.1, -0.05) is 6.92 Å². The molecule has 0 rings (SSSR count). The monoisotopic (exact) mass is 156 g/mol. The molecule has 2 N–H and O–H groups in total. The summed E-state index contributed by atoms with van der Waals surface area (Å²) in [4.78, 5) is 20.0. The largest absolute Gasteiger partial charge is 0.481 e. The second kappa shape index (κ2) is 5.49. The van der Waals surface area contributed by atoms with Gasteiger partial charge < -0.3 is 10.2 Å². The Kier molecular flexibility index (Phi) is 6.80. The Morgan fingerprint density at radius 1 is 1.30 bits per heavy atom. The minimum Gasteiger partial charge on any atom is -0.481 e. The molecule has 2 radical (unpaired) electrons. The first-order valence-corrected chi connectivity index (χ1v) is 2.55. The Morgan fingerprint density at radius 2 is 1.60 bits per heavy atom. The zero-order valence-electron chi connectivity index (χ0n) is 5.70. The number of aliphatic carboxylic acids is 2. The topological polar surface area (TPSA) is 74.6 Å². The molecule has 0 aliphatic rings. The van der Waals surface area contributed by atoms with E-state index >= 15 is 0 Å². The number of carboxylic acids is 2. The molecule has 4 nitrogen and oxygen atoms in total. The number of hydrogen-bond acceptors (Lipinski definition) is 2. The molecule has 0 aromatic rings. The van der Waals surface area contributed by atoms with Crippen LogP contribution in [0, 0.1) is 5.92 Å². The second-order valence-corrected chi connectivity index (χ2v) is 1.64. The predicted octanol–water partition coefficient (Wildman–Crippen LogP) is -0.199. The van der Waals surface area contributed by atoms with Gasteiger partial charge in [-0.3, -0.25) is 9.59 Å². The molecule has 0 spiro atoms. The van der Waals surface area contributed by atoms with Gasteiger partial charge in [-0.25, -0.2) is 0 Å². The average Bonchev–Trinajstić information content (AvgIpc) is 1.64. The van der Waals surface area contributed by atoms with Gasteiger partial charge in [0.05, 0.1) is 0 Å². The summed E-state index contributed by atoms with van der Waals surface area (Å²) in [7, 11) is 0. The number of carbonyl (C=O) groups is 2. The Balaban J connectivity index is 0. The molecule has 0 aliphatic carbocycles. The first-order chi connectivity index (χ1) is 4.09. The lowest BCUT2D eigenvalue weighted by Gasteiger charge is -2.00. The minimum atomic E-state index is -1.27. The maximum absolute atomic E-state index is 9.99. The highest BCUT2D eigenvalue weighted by Gasteiger charge is 2.22. The third-order valence-electron chi connectivity index (χ3n) is 1.00. The Bertz CT molecular complexity index is 120. The van der Waals surface area contributed by atoms with Gasteiger partial charge in [-0.05, 0) is 6.42 Å². The van der Waals surface area contributed by atoms with Crippen molar-refractivity contribution in [1.29, 1.82) is 0 Å². The van der Waals surface area contributed by atoms with Gasteiger partial charge in [0.25, 0.3) is 0 Å². The van der Waals surface area contributed by atoms with E-state index in [1.165, 1.54) is 6.92 Å². The Labute approximate surface area is 74.4 Å². The highest BCUT2D eigenvalue weighted by atomic mass is 24.3. The molecule has 5 heteroatoms. The summed E-state index contributed by atoms with van der Waals surface area (Å²) in [6.45, 7) is 1.52. The SMILES string of the molecule is CCC(C(=O)O)C(=O)O.[Mg]. The van der Waals surface area contributed by atoms with Crippen molar-refractivity contribution in [2.75, 3.05) is 0 Å². The van der Waals surface area contributed by atoms with Crippen LogP contribution >= 0.6 is 0 Å². The van der Waals surface area contributed by atoms with Gasteiger partial charge in [-0.2, -0.15) is 0 Å². The lowest BCUT2D eigenvalue weighted by molar-refractivity contribution is -0.154. The van der Waals surface area contributed by atoms with E-state index in [0.29, 0.717) is 0 Å². The molecule has 54 valence electrons. The summed E-state index contributed by atoms with van der Waals surface area (Å²) in [6.07, 6.45) is 0.130. The van der Waals surface area contributed by atoms with Crippen LogP contribution in [0.1, 0.15) is 13.3 Å². The second-order valence-electron chi connectivity index (χ2n) is 1.64. The van der Waals surface area contributed by atoms with E-state index in [1.807, 2.05) is 0 Å². The molecule has 0 amide bonds. The smallest absolute Gasteiger partial charge is 0.317 e. The molecule has 0 heterocycles. The van der Waals surface area contributed by atoms with Crippen molar-refractivity contribution in [2.24, 2.45) is 5.92 Å². The van der Waals surface area contributed by atoms with Crippen LogP contribution in [0.15, 0.2) is 0 Å². The lowest BCUT2D eigenvalue weighted by atomic mass is 10.1. The van der Waals surface area contributed by atoms with E-state index in [4.69, 9.17) is 10.2 Å². The van der Waals surface area contributed by atoms with Crippen molar-refractivity contribution in [3.05, 3.63) is 0 Å². The quantitative estimate of drug-likeness (QED) is 0.438. The highest BCUT2D eigenvalue weighted by Crippen LogP contribution is 2.00. The molecular weight excluding hydrogens is 148 g/mol. The van der Waals surface area contributed by atoms with Crippen LogP contribution in [-0.2, 0) is 9.59 Å². The minimum absolute atomic E-state index is 0. The molecule has 0 fully saturated rings. The van der Waals surface area contributed by atoms with E-state index in [0.717, 1.165) is 0 Å². The van der Waals surface area contributed by atoms with E-state index in [2.05, 4.69) is 0 Å². The molecule has 0 saturated heterocycles. The normalized spacial score (nSPS) is 8.60. The highest BCUT2D eigenvalue weighted by molar-refractivity contribution is 5.92. The molecule has 10 heavy (non-hydrogen) atoms. The third-order valence-corrected chi connectivity index (χ3v) is 1.00. The van der Waals surface area contributed by atoms with Gasteiger partial charge >= 0.3 is 11.9 Å². The molecule has 0 aliphatic heterocycles. The van der Waals surface area contributed by atoms with Crippen molar-refractivity contribution >= 4 is 35.0 Å². The number of rotatable bonds is 3. The zero-order valence-corrected chi connectivity index (χ0v) is 7.12. The lowest BCUT2D eigenvalue weighted by Crippen LogP contribution is -2.21. The summed E-state index contributed by atoms with van der Waals surface area (Å²) in [5.41, 5.74) is 0. The van der Waals surface area contributed by atoms with Gasteiger partial charge in [-0.15, -0.1) is 0 Å². The van der Waals surface area contributed by atoms with Crippen LogP contribution in [0.2, 0.25) is 0 Å². The summed E-state index contributed by atoms with van der Waals surface area (Å²) >= 11 is 0. The standard InChI is InChI=1S/C5H8O4.Mg/c1-2-3(4(6)7)5(8)9;/h3H,2H2,1H3,(H,6,7)(H,8,9);. The fourth-order valence-corrected chi connectivity index (χ4v) is 0.455. The van der Waals surface area contributed by atoms with Crippen LogP contribution in [0.3, 0.4) is 0 Å². The summed E-state index contributed by atoms with van der Waals surface area (Å²) in [6, 6.07) is 0. The van der Waals surface area contributed by atoms with Gasteiger partial charge in [0, 0.05) is 23.1 Å². The predicted molar refractivity (Wildman–Crippen MR) is 34.8 cm³/mol. The van der Waals surface area contributed by atoms with E-state index in [1.54, 1.807) is 0 Å². The van der Waals surface area contributed by atoms with Crippen molar-refractivity contribution < 1.29 is 19.8 Å². The van der Waals surface area contributed by atoms with Gasteiger partial charge in [0.1, 0.15) is 0 Å². The van der Waals surface area contributed by atoms with Crippen molar-refractivity contribution in [3.8, 4) is 0 Å². The molecule has 0 atom stereocenters. The van der Waals surface area contributed by atoms with Crippen molar-refractivity contribution in [3.63, 3.8) is 0 Å². The molecule has 0 aromatic heterocycles. The molecular formula is C5H8MgO4. The van der Waals surface area contributed by atoms with E-state index in [9.17, 15) is 9.59 Å². The van der Waals surface area contributed by atoms with Gasteiger partial charge in [0.15, 0.2) is 5.92 Å². The van der Waals surface area contributed by atoms with Crippen molar-refractivity contribution in [1.82, 2.24) is 0 Å².